The lowest BCUT2D eigenvalue weighted by atomic mass is 10.0. The van der Waals surface area contributed by atoms with E-state index in [-0.39, 0.29) is 16.8 Å². The Morgan fingerprint density at radius 3 is 2.42 bits per heavy atom. The minimum atomic E-state index is -4.51. The SMILES string of the molecule is Cn1c(-c2ccccc2C(F)(F)F)cc2cc(C(=O)O)c(O)cc21. The number of nitrogens with zero attached hydrogens (tertiary/aromatic N) is 1. The molecule has 0 saturated heterocycles. The van der Waals surface area contributed by atoms with Crippen LogP contribution in [0.2, 0.25) is 0 Å². The number of rotatable bonds is 2. The zero-order chi connectivity index (χ0) is 17.6. The van der Waals surface area contributed by atoms with Crippen molar-refractivity contribution in [1.82, 2.24) is 4.57 Å². The molecular formula is C17H12F3NO3. The largest absolute Gasteiger partial charge is 0.507 e. The number of fused-ring (bicyclic) bond motifs is 1. The predicted octanol–water partition coefficient (Wildman–Crippen LogP) is 4.27. The summed E-state index contributed by atoms with van der Waals surface area (Å²) in [5.41, 5.74) is -0.383. The number of carboxylic acid groups (broad SMARTS) is 1. The van der Waals surface area contributed by atoms with E-state index in [1.54, 1.807) is 7.05 Å². The first kappa shape index (κ1) is 15.9. The molecule has 3 aromatic rings. The molecule has 0 bridgehead atoms. The number of halogens is 3. The van der Waals surface area contributed by atoms with Crippen molar-refractivity contribution in [2.45, 2.75) is 6.18 Å². The topological polar surface area (TPSA) is 62.5 Å². The Kier molecular flexibility index (Phi) is 3.51. The second kappa shape index (κ2) is 5.30. The first-order chi connectivity index (χ1) is 11.2. The molecule has 124 valence electrons. The van der Waals surface area contributed by atoms with Crippen molar-refractivity contribution in [2.24, 2.45) is 7.05 Å². The van der Waals surface area contributed by atoms with E-state index in [1.165, 1.54) is 41.0 Å². The van der Waals surface area contributed by atoms with Crippen LogP contribution in [0.4, 0.5) is 13.2 Å². The summed E-state index contributed by atoms with van der Waals surface area (Å²) in [6.07, 6.45) is -4.51. The van der Waals surface area contributed by atoms with Crippen molar-refractivity contribution in [3.05, 3.63) is 53.6 Å². The minimum Gasteiger partial charge on any atom is -0.507 e. The van der Waals surface area contributed by atoms with Gasteiger partial charge >= 0.3 is 12.1 Å². The lowest BCUT2D eigenvalue weighted by molar-refractivity contribution is -0.137. The van der Waals surface area contributed by atoms with Gasteiger partial charge in [0.2, 0.25) is 0 Å². The molecular weight excluding hydrogens is 323 g/mol. The van der Waals surface area contributed by atoms with Gasteiger partial charge in [-0.05, 0) is 18.2 Å². The van der Waals surface area contributed by atoms with Gasteiger partial charge in [0.05, 0.1) is 11.1 Å². The summed E-state index contributed by atoms with van der Waals surface area (Å²) in [7, 11) is 1.56. The molecule has 0 saturated carbocycles. The van der Waals surface area contributed by atoms with Gasteiger partial charge in [0.15, 0.2) is 0 Å². The fourth-order valence-electron chi connectivity index (χ4n) is 2.76. The molecule has 0 amide bonds. The Morgan fingerprint density at radius 1 is 1.12 bits per heavy atom. The lowest BCUT2D eigenvalue weighted by Gasteiger charge is -2.13. The number of aromatic carboxylic acids is 1. The highest BCUT2D eigenvalue weighted by molar-refractivity contribution is 5.98. The smallest absolute Gasteiger partial charge is 0.417 e. The zero-order valence-electron chi connectivity index (χ0n) is 12.4. The maximum atomic E-state index is 13.2. The molecule has 3 rings (SSSR count). The number of benzene rings is 2. The van der Waals surface area contributed by atoms with Crippen LogP contribution in [0.15, 0.2) is 42.5 Å². The Labute approximate surface area is 134 Å². The van der Waals surface area contributed by atoms with Crippen molar-refractivity contribution in [1.29, 1.82) is 0 Å². The molecule has 0 radical (unpaired) electrons. The van der Waals surface area contributed by atoms with Crippen LogP contribution in [0.1, 0.15) is 15.9 Å². The van der Waals surface area contributed by atoms with Crippen molar-refractivity contribution in [2.75, 3.05) is 0 Å². The monoisotopic (exact) mass is 335 g/mol. The third-order valence-corrected chi connectivity index (χ3v) is 3.90. The summed E-state index contributed by atoms with van der Waals surface area (Å²) < 4.78 is 41.2. The average Bonchev–Trinajstić information content (AvgIpc) is 2.82. The number of carboxylic acids is 1. The quantitative estimate of drug-likeness (QED) is 0.735. The van der Waals surface area contributed by atoms with Crippen LogP contribution in [0, 0.1) is 0 Å². The van der Waals surface area contributed by atoms with E-state index in [0.29, 0.717) is 10.9 Å². The van der Waals surface area contributed by atoms with Crippen LogP contribution < -0.4 is 0 Å². The van der Waals surface area contributed by atoms with Crippen molar-refractivity contribution >= 4 is 16.9 Å². The maximum absolute atomic E-state index is 13.2. The zero-order valence-corrected chi connectivity index (χ0v) is 12.4. The van der Waals surface area contributed by atoms with Crippen molar-refractivity contribution in [3.8, 4) is 17.0 Å². The second-order valence-corrected chi connectivity index (χ2v) is 5.37. The number of carbonyl (C=O) groups is 1. The number of hydrogen-bond acceptors (Lipinski definition) is 2. The van der Waals surface area contributed by atoms with Crippen LogP contribution in [0.3, 0.4) is 0 Å². The fraction of sp³-hybridized carbons (Fsp3) is 0.118. The molecule has 0 unspecified atom stereocenters. The number of aryl methyl sites for hydroxylation is 1. The van der Waals surface area contributed by atoms with Gasteiger partial charge in [0, 0.05) is 29.8 Å². The van der Waals surface area contributed by atoms with E-state index in [9.17, 15) is 23.1 Å². The molecule has 1 aromatic heterocycles. The molecule has 4 nitrogen and oxygen atoms in total. The van der Waals surface area contributed by atoms with Crippen molar-refractivity contribution in [3.63, 3.8) is 0 Å². The van der Waals surface area contributed by atoms with Gasteiger partial charge in [-0.15, -0.1) is 0 Å². The van der Waals surface area contributed by atoms with E-state index in [4.69, 9.17) is 5.11 Å². The summed E-state index contributed by atoms with van der Waals surface area (Å²) in [5.74, 6) is -1.75. The fourth-order valence-corrected chi connectivity index (χ4v) is 2.76. The molecule has 0 atom stereocenters. The highest BCUT2D eigenvalue weighted by atomic mass is 19.4. The molecule has 0 aliphatic rings. The van der Waals surface area contributed by atoms with Gasteiger partial charge < -0.3 is 14.8 Å². The van der Waals surface area contributed by atoms with Gasteiger partial charge in [-0.2, -0.15) is 13.2 Å². The van der Waals surface area contributed by atoms with Crippen molar-refractivity contribution < 1.29 is 28.2 Å². The van der Waals surface area contributed by atoms with Crippen LogP contribution in [-0.2, 0) is 13.2 Å². The van der Waals surface area contributed by atoms with Crippen LogP contribution >= 0.6 is 0 Å². The minimum absolute atomic E-state index is 0.0138. The standard InChI is InChI=1S/C17H12F3NO3/c1-21-13-8-15(22)11(16(23)24)6-9(13)7-14(21)10-4-2-3-5-12(10)17(18,19)20/h2-8,22H,1H3,(H,23,24). The highest BCUT2D eigenvalue weighted by Crippen LogP contribution is 2.39. The summed E-state index contributed by atoms with van der Waals surface area (Å²) in [5, 5.41) is 19.3. The van der Waals surface area contributed by atoms with E-state index in [0.717, 1.165) is 6.07 Å². The van der Waals surface area contributed by atoms with E-state index in [1.807, 2.05) is 0 Å². The Hall–Kier alpha value is -2.96. The normalized spacial score (nSPS) is 11.8. The molecule has 7 heteroatoms. The number of aromatic hydroxyl groups is 1. The average molecular weight is 335 g/mol. The summed E-state index contributed by atoms with van der Waals surface area (Å²) in [6, 6.07) is 9.12. The van der Waals surface area contributed by atoms with Crippen LogP contribution in [0.5, 0.6) is 5.75 Å². The summed E-state index contributed by atoms with van der Waals surface area (Å²) in [6.45, 7) is 0. The third-order valence-electron chi connectivity index (χ3n) is 3.90. The molecule has 0 aliphatic heterocycles. The summed E-state index contributed by atoms with van der Waals surface area (Å²) >= 11 is 0. The first-order valence-electron chi connectivity index (χ1n) is 6.92. The van der Waals surface area contributed by atoms with E-state index < -0.39 is 23.5 Å². The van der Waals surface area contributed by atoms with E-state index >= 15 is 0 Å². The molecule has 0 spiro atoms. The Bertz CT molecular complexity index is 958. The molecule has 24 heavy (non-hydrogen) atoms. The molecule has 2 aromatic carbocycles. The van der Waals surface area contributed by atoms with Gasteiger partial charge in [-0.25, -0.2) is 4.79 Å². The van der Waals surface area contributed by atoms with Crippen LogP contribution in [-0.4, -0.2) is 20.7 Å². The van der Waals surface area contributed by atoms with Gasteiger partial charge in [-0.1, -0.05) is 18.2 Å². The predicted molar refractivity (Wildman–Crippen MR) is 82.0 cm³/mol. The number of aromatic nitrogens is 1. The van der Waals surface area contributed by atoms with Gasteiger partial charge in [-0.3, -0.25) is 0 Å². The third kappa shape index (κ3) is 2.47. The molecule has 0 fully saturated rings. The highest BCUT2D eigenvalue weighted by Gasteiger charge is 2.34. The molecule has 0 aliphatic carbocycles. The number of alkyl halides is 3. The first-order valence-corrected chi connectivity index (χ1v) is 6.92. The number of hydrogen-bond donors (Lipinski definition) is 2. The van der Waals surface area contributed by atoms with Gasteiger partial charge in [0.25, 0.3) is 0 Å². The summed E-state index contributed by atoms with van der Waals surface area (Å²) in [4.78, 5) is 11.1. The van der Waals surface area contributed by atoms with E-state index in [2.05, 4.69) is 0 Å². The maximum Gasteiger partial charge on any atom is 0.417 e. The number of phenols is 1. The Morgan fingerprint density at radius 2 is 1.79 bits per heavy atom. The van der Waals surface area contributed by atoms with Gasteiger partial charge in [0.1, 0.15) is 11.3 Å². The van der Waals surface area contributed by atoms with Crippen LogP contribution in [0.25, 0.3) is 22.2 Å². The molecule has 1 heterocycles. The second-order valence-electron chi connectivity index (χ2n) is 5.37. The lowest BCUT2D eigenvalue weighted by Crippen LogP contribution is -2.08. The molecule has 2 N–H and O–H groups in total. The Balaban J connectivity index is 2.30.